The largest absolute Gasteiger partial charge is 0.446 e. The van der Waals surface area contributed by atoms with Gasteiger partial charge in [-0.1, -0.05) is 42.5 Å². The van der Waals surface area contributed by atoms with Gasteiger partial charge in [-0.2, -0.15) is 13.2 Å². The van der Waals surface area contributed by atoms with E-state index in [4.69, 9.17) is 9.47 Å². The van der Waals surface area contributed by atoms with Crippen LogP contribution in [0.1, 0.15) is 5.56 Å². The van der Waals surface area contributed by atoms with Crippen molar-refractivity contribution >= 4 is 17.6 Å². The van der Waals surface area contributed by atoms with Crippen LogP contribution in [0.5, 0.6) is 11.5 Å². The molecule has 3 aromatic carbocycles. The predicted octanol–water partition coefficient (Wildman–Crippen LogP) is 4.34. The SMILES string of the molecule is O=C(NNC(=O)C(Oc1ccccc1)Oc1ccccc1)Nc1cccc(C(F)(F)F)c1. The van der Waals surface area contributed by atoms with E-state index in [2.05, 4.69) is 16.2 Å². The molecule has 3 rings (SSSR count). The maximum atomic E-state index is 12.8. The Morgan fingerprint density at radius 1 is 0.750 bits per heavy atom. The summed E-state index contributed by atoms with van der Waals surface area (Å²) in [5, 5.41) is 2.20. The molecule has 3 N–H and O–H groups in total. The highest BCUT2D eigenvalue weighted by Crippen LogP contribution is 2.30. The fraction of sp³-hybridized carbons (Fsp3) is 0.0909. The van der Waals surface area contributed by atoms with E-state index in [-0.39, 0.29) is 5.69 Å². The minimum Gasteiger partial charge on any atom is -0.446 e. The molecule has 0 saturated carbocycles. The number of ether oxygens (including phenoxy) is 2. The zero-order valence-electron chi connectivity index (χ0n) is 16.4. The summed E-state index contributed by atoms with van der Waals surface area (Å²) in [6.07, 6.45) is -6.02. The van der Waals surface area contributed by atoms with Gasteiger partial charge in [0.15, 0.2) is 0 Å². The van der Waals surface area contributed by atoms with Crippen LogP contribution in [0.2, 0.25) is 0 Å². The summed E-state index contributed by atoms with van der Waals surface area (Å²) < 4.78 is 49.5. The Bertz CT molecular complexity index is 1010. The van der Waals surface area contributed by atoms with Crippen molar-refractivity contribution < 1.29 is 32.2 Å². The number of nitrogens with one attached hydrogen (secondary N) is 3. The summed E-state index contributed by atoms with van der Waals surface area (Å²) >= 11 is 0. The van der Waals surface area contributed by atoms with E-state index in [9.17, 15) is 22.8 Å². The zero-order chi connectivity index (χ0) is 23.0. The van der Waals surface area contributed by atoms with Crippen molar-refractivity contribution in [3.05, 3.63) is 90.5 Å². The van der Waals surface area contributed by atoms with Crippen molar-refractivity contribution in [3.8, 4) is 11.5 Å². The molecule has 0 aliphatic rings. The fourth-order valence-corrected chi connectivity index (χ4v) is 2.49. The number of para-hydroxylation sites is 2. The van der Waals surface area contributed by atoms with Gasteiger partial charge in [0, 0.05) is 5.69 Å². The molecule has 32 heavy (non-hydrogen) atoms. The van der Waals surface area contributed by atoms with Crippen LogP contribution >= 0.6 is 0 Å². The number of hydrogen-bond donors (Lipinski definition) is 3. The van der Waals surface area contributed by atoms with Gasteiger partial charge in [-0.15, -0.1) is 0 Å². The predicted molar refractivity (Wildman–Crippen MR) is 110 cm³/mol. The van der Waals surface area contributed by atoms with Crippen LogP contribution in [-0.2, 0) is 11.0 Å². The quantitative estimate of drug-likeness (QED) is 0.389. The molecule has 0 radical (unpaired) electrons. The van der Waals surface area contributed by atoms with Gasteiger partial charge in [0.05, 0.1) is 5.56 Å². The smallest absolute Gasteiger partial charge is 0.416 e. The zero-order valence-corrected chi connectivity index (χ0v) is 16.4. The van der Waals surface area contributed by atoms with E-state index < -0.39 is 30.0 Å². The molecule has 0 atom stereocenters. The highest BCUT2D eigenvalue weighted by atomic mass is 19.4. The van der Waals surface area contributed by atoms with Crippen molar-refractivity contribution in [1.29, 1.82) is 0 Å². The minimum absolute atomic E-state index is 0.107. The van der Waals surface area contributed by atoms with E-state index in [1.807, 2.05) is 0 Å². The Hall–Kier alpha value is -4.21. The maximum absolute atomic E-state index is 12.8. The maximum Gasteiger partial charge on any atom is 0.416 e. The second kappa shape index (κ2) is 10.2. The average molecular weight is 445 g/mol. The molecule has 3 aromatic rings. The number of carbonyl (C=O) groups excluding carboxylic acids is 2. The lowest BCUT2D eigenvalue weighted by atomic mass is 10.2. The van der Waals surface area contributed by atoms with Gasteiger partial charge in [-0.3, -0.25) is 10.2 Å². The Labute approximate surface area is 181 Å². The number of halogens is 3. The number of alkyl halides is 3. The van der Waals surface area contributed by atoms with E-state index in [1.54, 1.807) is 60.7 Å². The summed E-state index contributed by atoms with van der Waals surface area (Å²) in [5.74, 6) is -0.161. The first-order valence-electron chi connectivity index (χ1n) is 9.29. The number of hydrazine groups is 1. The fourth-order valence-electron chi connectivity index (χ4n) is 2.49. The normalized spacial score (nSPS) is 10.9. The third-order valence-electron chi connectivity index (χ3n) is 3.93. The number of hydrogen-bond acceptors (Lipinski definition) is 4. The van der Waals surface area contributed by atoms with Crippen LogP contribution in [0.4, 0.5) is 23.7 Å². The Balaban J connectivity index is 1.62. The molecule has 166 valence electrons. The first kappa shape index (κ1) is 22.5. The number of rotatable bonds is 6. The Kier molecular flexibility index (Phi) is 7.17. The molecule has 0 unspecified atom stereocenters. The molecule has 0 bridgehead atoms. The Morgan fingerprint density at radius 3 is 1.84 bits per heavy atom. The summed E-state index contributed by atoms with van der Waals surface area (Å²) in [7, 11) is 0. The standard InChI is InChI=1S/C22H18F3N3O4/c23-22(24,25)15-8-7-9-16(14-15)26-21(30)28-27-19(29)20(31-17-10-3-1-4-11-17)32-18-12-5-2-6-13-18/h1-14,20H,(H,27,29)(H2,26,28,30). The van der Waals surface area contributed by atoms with Crippen molar-refractivity contribution in [2.75, 3.05) is 5.32 Å². The van der Waals surface area contributed by atoms with Gasteiger partial charge in [-0.05, 0) is 42.5 Å². The second-order valence-corrected chi connectivity index (χ2v) is 6.34. The summed E-state index contributed by atoms with van der Waals surface area (Å²) in [6, 6.07) is 19.9. The van der Waals surface area contributed by atoms with Crippen LogP contribution in [-0.4, -0.2) is 18.2 Å². The number of urea groups is 1. The molecule has 0 aliphatic heterocycles. The first-order valence-corrected chi connectivity index (χ1v) is 9.29. The number of amides is 3. The molecule has 0 fully saturated rings. The monoisotopic (exact) mass is 445 g/mol. The molecule has 7 nitrogen and oxygen atoms in total. The lowest BCUT2D eigenvalue weighted by molar-refractivity contribution is -0.141. The van der Waals surface area contributed by atoms with E-state index in [0.29, 0.717) is 11.5 Å². The third-order valence-corrected chi connectivity index (χ3v) is 3.93. The van der Waals surface area contributed by atoms with E-state index >= 15 is 0 Å². The summed E-state index contributed by atoms with van der Waals surface area (Å²) in [4.78, 5) is 24.6. The number of benzene rings is 3. The number of carbonyl (C=O) groups is 2. The van der Waals surface area contributed by atoms with Crippen molar-refractivity contribution in [1.82, 2.24) is 10.9 Å². The van der Waals surface area contributed by atoms with E-state index in [1.165, 1.54) is 6.07 Å². The highest BCUT2D eigenvalue weighted by molar-refractivity contribution is 5.91. The summed E-state index contributed by atoms with van der Waals surface area (Å²) in [5.41, 5.74) is 3.13. The lowest BCUT2D eigenvalue weighted by Crippen LogP contribution is -2.51. The molecule has 3 amide bonds. The second-order valence-electron chi connectivity index (χ2n) is 6.34. The Morgan fingerprint density at radius 2 is 1.31 bits per heavy atom. The molecule has 0 spiro atoms. The molecule has 0 aromatic heterocycles. The molecule has 10 heteroatoms. The summed E-state index contributed by atoms with van der Waals surface area (Å²) in [6.45, 7) is 0. The van der Waals surface area contributed by atoms with Gasteiger partial charge >= 0.3 is 24.4 Å². The molecule has 0 saturated heterocycles. The van der Waals surface area contributed by atoms with Gasteiger partial charge in [0.25, 0.3) is 0 Å². The first-order chi connectivity index (χ1) is 15.3. The molecule has 0 aliphatic carbocycles. The van der Waals surface area contributed by atoms with Gasteiger partial charge in [0.2, 0.25) is 0 Å². The minimum atomic E-state index is -4.56. The third kappa shape index (κ3) is 6.66. The van der Waals surface area contributed by atoms with Crippen LogP contribution in [0.3, 0.4) is 0 Å². The highest BCUT2D eigenvalue weighted by Gasteiger charge is 2.30. The average Bonchev–Trinajstić information content (AvgIpc) is 2.78. The number of anilines is 1. The van der Waals surface area contributed by atoms with Crippen LogP contribution in [0.25, 0.3) is 0 Å². The topological polar surface area (TPSA) is 88.7 Å². The molecular formula is C22H18F3N3O4. The van der Waals surface area contributed by atoms with Gasteiger partial charge < -0.3 is 14.8 Å². The van der Waals surface area contributed by atoms with Gasteiger partial charge in [-0.25, -0.2) is 10.2 Å². The lowest BCUT2D eigenvalue weighted by Gasteiger charge is -2.20. The molecular weight excluding hydrogens is 427 g/mol. The van der Waals surface area contributed by atoms with Crippen molar-refractivity contribution in [2.24, 2.45) is 0 Å². The molecule has 0 heterocycles. The van der Waals surface area contributed by atoms with Crippen molar-refractivity contribution in [3.63, 3.8) is 0 Å². The van der Waals surface area contributed by atoms with Crippen LogP contribution in [0.15, 0.2) is 84.9 Å². The van der Waals surface area contributed by atoms with Crippen LogP contribution < -0.4 is 25.6 Å². The van der Waals surface area contributed by atoms with Crippen molar-refractivity contribution in [2.45, 2.75) is 12.5 Å². The van der Waals surface area contributed by atoms with E-state index in [0.717, 1.165) is 18.2 Å². The van der Waals surface area contributed by atoms with Gasteiger partial charge in [0.1, 0.15) is 11.5 Å². The van der Waals surface area contributed by atoms with Crippen LogP contribution in [0, 0.1) is 0 Å².